The molecule has 21 heavy (non-hydrogen) atoms. The van der Waals surface area contributed by atoms with E-state index in [4.69, 9.17) is 26.9 Å². The zero-order chi connectivity index (χ0) is 14.8. The number of halogens is 1. The fraction of sp³-hybridized carbons (Fsp3) is 0.250. The molecule has 0 radical (unpaired) electrons. The lowest BCUT2D eigenvalue weighted by Gasteiger charge is -2.18. The van der Waals surface area contributed by atoms with E-state index in [1.165, 1.54) is 5.56 Å². The molecule has 0 amide bonds. The number of hydrogen-bond acceptors (Lipinski definition) is 4. The minimum Gasteiger partial charge on any atom is -0.495 e. The number of methoxy groups -OCH3 is 1. The zero-order valence-corrected chi connectivity index (χ0v) is 12.5. The Morgan fingerprint density at radius 3 is 2.76 bits per heavy atom. The molecule has 3 N–H and O–H groups in total. The van der Waals surface area contributed by atoms with Crippen molar-refractivity contribution in [3.63, 3.8) is 0 Å². The minimum absolute atomic E-state index is 0.123. The van der Waals surface area contributed by atoms with Crippen LogP contribution in [0, 0.1) is 0 Å². The van der Waals surface area contributed by atoms with Crippen LogP contribution >= 0.6 is 11.6 Å². The number of benzene rings is 2. The van der Waals surface area contributed by atoms with Gasteiger partial charge in [-0.3, -0.25) is 5.84 Å². The molecule has 2 aromatic rings. The van der Waals surface area contributed by atoms with E-state index in [9.17, 15) is 0 Å². The lowest BCUT2D eigenvalue weighted by molar-refractivity contribution is 0.357. The molecule has 4 nitrogen and oxygen atoms in total. The summed E-state index contributed by atoms with van der Waals surface area (Å²) >= 11 is 6.07. The van der Waals surface area contributed by atoms with E-state index in [1.807, 2.05) is 30.3 Å². The first-order chi connectivity index (χ1) is 10.2. The Balaban J connectivity index is 1.98. The maximum absolute atomic E-state index is 6.07. The Labute approximate surface area is 128 Å². The van der Waals surface area contributed by atoms with Crippen LogP contribution in [0.15, 0.2) is 36.4 Å². The first kappa shape index (κ1) is 14.2. The fourth-order valence-corrected chi connectivity index (χ4v) is 2.82. The van der Waals surface area contributed by atoms with Gasteiger partial charge in [-0.15, -0.1) is 0 Å². The molecule has 5 heteroatoms. The van der Waals surface area contributed by atoms with Crippen LogP contribution in [-0.2, 0) is 6.42 Å². The van der Waals surface area contributed by atoms with Crippen molar-refractivity contribution in [2.24, 2.45) is 5.84 Å². The van der Waals surface area contributed by atoms with Gasteiger partial charge in [0.25, 0.3) is 0 Å². The smallest absolute Gasteiger partial charge is 0.137 e. The lowest BCUT2D eigenvalue weighted by atomic mass is 9.97. The molecule has 1 aliphatic heterocycles. The highest BCUT2D eigenvalue weighted by Gasteiger charge is 2.18. The SMILES string of the molecule is COc1cc(C(NN)c2ccc3c(c2)CCO3)ccc1Cl. The van der Waals surface area contributed by atoms with Crippen molar-refractivity contribution in [1.29, 1.82) is 0 Å². The van der Waals surface area contributed by atoms with Crippen molar-refractivity contribution < 1.29 is 9.47 Å². The molecule has 0 saturated heterocycles. The van der Waals surface area contributed by atoms with Crippen molar-refractivity contribution in [3.8, 4) is 11.5 Å². The largest absolute Gasteiger partial charge is 0.495 e. The maximum atomic E-state index is 6.07. The molecule has 1 heterocycles. The minimum atomic E-state index is -0.123. The summed E-state index contributed by atoms with van der Waals surface area (Å²) in [5.74, 6) is 7.36. The summed E-state index contributed by atoms with van der Waals surface area (Å²) in [5, 5.41) is 0.583. The van der Waals surface area contributed by atoms with Gasteiger partial charge in [-0.2, -0.15) is 0 Å². The van der Waals surface area contributed by atoms with Gasteiger partial charge < -0.3 is 9.47 Å². The highest BCUT2D eigenvalue weighted by Crippen LogP contribution is 2.33. The third-order valence-corrected chi connectivity index (χ3v) is 4.03. The first-order valence-electron chi connectivity index (χ1n) is 6.78. The molecule has 0 bridgehead atoms. The Bertz CT molecular complexity index is 650. The number of ether oxygens (including phenoxy) is 2. The highest BCUT2D eigenvalue weighted by atomic mass is 35.5. The van der Waals surface area contributed by atoms with Crippen LogP contribution in [0.25, 0.3) is 0 Å². The quantitative estimate of drug-likeness (QED) is 0.673. The van der Waals surface area contributed by atoms with Crippen molar-refractivity contribution in [3.05, 3.63) is 58.1 Å². The van der Waals surface area contributed by atoms with E-state index in [1.54, 1.807) is 7.11 Å². The second kappa shape index (κ2) is 5.93. The maximum Gasteiger partial charge on any atom is 0.137 e. The summed E-state index contributed by atoms with van der Waals surface area (Å²) in [6.45, 7) is 0.744. The Hall–Kier alpha value is -1.75. The van der Waals surface area contributed by atoms with E-state index in [2.05, 4.69) is 11.5 Å². The number of hydrazine groups is 1. The van der Waals surface area contributed by atoms with E-state index < -0.39 is 0 Å². The molecule has 1 unspecified atom stereocenters. The van der Waals surface area contributed by atoms with Crippen LogP contribution in [0.5, 0.6) is 11.5 Å². The van der Waals surface area contributed by atoms with Gasteiger partial charge in [0.15, 0.2) is 0 Å². The van der Waals surface area contributed by atoms with Gasteiger partial charge in [-0.05, 0) is 34.9 Å². The number of hydrogen-bond donors (Lipinski definition) is 2. The van der Waals surface area contributed by atoms with Gasteiger partial charge in [0.2, 0.25) is 0 Å². The van der Waals surface area contributed by atoms with Crippen LogP contribution < -0.4 is 20.7 Å². The first-order valence-corrected chi connectivity index (χ1v) is 7.16. The molecule has 0 aliphatic carbocycles. The Kier molecular flexibility index (Phi) is 4.01. The summed E-state index contributed by atoms with van der Waals surface area (Å²) < 4.78 is 10.8. The fourth-order valence-electron chi connectivity index (χ4n) is 2.63. The van der Waals surface area contributed by atoms with E-state index in [-0.39, 0.29) is 6.04 Å². The topological polar surface area (TPSA) is 56.5 Å². The number of fused-ring (bicyclic) bond motifs is 1. The lowest BCUT2D eigenvalue weighted by Crippen LogP contribution is -2.28. The Morgan fingerprint density at radius 1 is 1.24 bits per heavy atom. The summed E-state index contributed by atoms with van der Waals surface area (Å²) in [7, 11) is 1.60. The van der Waals surface area contributed by atoms with Gasteiger partial charge in [0, 0.05) is 6.42 Å². The highest BCUT2D eigenvalue weighted by molar-refractivity contribution is 6.32. The molecule has 0 aromatic heterocycles. The Morgan fingerprint density at radius 2 is 2.00 bits per heavy atom. The summed E-state index contributed by atoms with van der Waals surface area (Å²) in [6.07, 6.45) is 0.935. The monoisotopic (exact) mass is 304 g/mol. The van der Waals surface area contributed by atoms with Crippen molar-refractivity contribution in [2.45, 2.75) is 12.5 Å². The molecule has 110 valence electrons. The van der Waals surface area contributed by atoms with Crippen LogP contribution in [0.4, 0.5) is 0 Å². The molecule has 0 saturated carbocycles. The van der Waals surface area contributed by atoms with Gasteiger partial charge in [-0.25, -0.2) is 5.43 Å². The molecule has 3 rings (SSSR count). The molecule has 1 aliphatic rings. The predicted octanol–water partition coefficient (Wildman–Crippen LogP) is 2.84. The molecule has 0 spiro atoms. The van der Waals surface area contributed by atoms with Gasteiger partial charge >= 0.3 is 0 Å². The average Bonchev–Trinajstić information content (AvgIpc) is 2.97. The van der Waals surface area contributed by atoms with Gasteiger partial charge in [0.05, 0.1) is 24.8 Å². The predicted molar refractivity (Wildman–Crippen MR) is 82.8 cm³/mol. The number of nitrogens with two attached hydrogens (primary N) is 1. The second-order valence-corrected chi connectivity index (χ2v) is 5.37. The average molecular weight is 305 g/mol. The van der Waals surface area contributed by atoms with Gasteiger partial charge in [-0.1, -0.05) is 29.8 Å². The van der Waals surface area contributed by atoms with Crippen LogP contribution in [0.3, 0.4) is 0 Å². The van der Waals surface area contributed by atoms with Crippen LogP contribution in [0.2, 0.25) is 5.02 Å². The molecular formula is C16H17ClN2O2. The van der Waals surface area contributed by atoms with Crippen LogP contribution in [-0.4, -0.2) is 13.7 Å². The van der Waals surface area contributed by atoms with E-state index in [0.717, 1.165) is 29.9 Å². The molecular weight excluding hydrogens is 288 g/mol. The van der Waals surface area contributed by atoms with E-state index in [0.29, 0.717) is 10.8 Å². The van der Waals surface area contributed by atoms with Crippen molar-refractivity contribution in [1.82, 2.24) is 5.43 Å². The zero-order valence-electron chi connectivity index (χ0n) is 11.7. The normalized spacial score (nSPS) is 14.4. The summed E-state index contributed by atoms with van der Waals surface area (Å²) in [4.78, 5) is 0. The third kappa shape index (κ3) is 2.70. The standard InChI is InChI=1S/C16H17ClN2O2/c1-20-15-9-12(2-4-13(15)17)16(19-18)11-3-5-14-10(8-11)6-7-21-14/h2-5,8-9,16,19H,6-7,18H2,1H3. The van der Waals surface area contributed by atoms with Crippen molar-refractivity contribution >= 4 is 11.6 Å². The number of rotatable bonds is 4. The number of nitrogens with one attached hydrogen (secondary N) is 1. The summed E-state index contributed by atoms with van der Waals surface area (Å²) in [5.41, 5.74) is 6.16. The third-order valence-electron chi connectivity index (χ3n) is 3.72. The molecule has 0 fully saturated rings. The van der Waals surface area contributed by atoms with Crippen molar-refractivity contribution in [2.75, 3.05) is 13.7 Å². The summed E-state index contributed by atoms with van der Waals surface area (Å²) in [6, 6.07) is 11.7. The van der Waals surface area contributed by atoms with Gasteiger partial charge in [0.1, 0.15) is 11.5 Å². The second-order valence-electron chi connectivity index (χ2n) is 4.96. The molecule has 2 aromatic carbocycles. The molecule has 1 atom stereocenters. The van der Waals surface area contributed by atoms with E-state index >= 15 is 0 Å². The van der Waals surface area contributed by atoms with Crippen LogP contribution in [0.1, 0.15) is 22.7 Å².